The van der Waals surface area contributed by atoms with Crippen LogP contribution in [0.4, 0.5) is 0 Å². The van der Waals surface area contributed by atoms with Gasteiger partial charge in [-0.2, -0.15) is 0 Å². The summed E-state index contributed by atoms with van der Waals surface area (Å²) >= 11 is 7.32. The number of carboxylic acids is 1. The van der Waals surface area contributed by atoms with E-state index in [0.717, 1.165) is 21.0 Å². The first kappa shape index (κ1) is 16.4. The maximum Gasteiger partial charge on any atom is 0.308 e. The van der Waals surface area contributed by atoms with Crippen molar-refractivity contribution in [2.24, 2.45) is 0 Å². The third kappa shape index (κ3) is 4.10. The Morgan fingerprint density at radius 1 is 1.08 bits per heavy atom. The number of hydrogen-bond donors (Lipinski definition) is 1. The van der Waals surface area contributed by atoms with E-state index in [1.54, 1.807) is 12.1 Å². The third-order valence-electron chi connectivity index (χ3n) is 3.36. The zero-order valence-corrected chi connectivity index (χ0v) is 14.2. The van der Waals surface area contributed by atoms with Crippen LogP contribution in [0.15, 0.2) is 54.6 Å². The van der Waals surface area contributed by atoms with Crippen molar-refractivity contribution in [1.82, 2.24) is 4.98 Å². The molecule has 3 rings (SSSR count). The van der Waals surface area contributed by atoms with Gasteiger partial charge < -0.3 is 5.11 Å². The fourth-order valence-electron chi connectivity index (χ4n) is 2.26. The third-order valence-corrected chi connectivity index (χ3v) is 4.63. The second-order valence-electron chi connectivity index (χ2n) is 5.15. The van der Waals surface area contributed by atoms with Gasteiger partial charge in [0.15, 0.2) is 0 Å². The Bertz CT molecular complexity index is 870. The molecular formula is C19H14ClNO2S. The first-order valence-electron chi connectivity index (χ1n) is 7.32. The van der Waals surface area contributed by atoms with E-state index < -0.39 is 5.97 Å². The van der Waals surface area contributed by atoms with Crippen LogP contribution in [-0.4, -0.2) is 16.1 Å². The SMILES string of the molecule is O=C(O)Cc1sc(C=Cc2ccccc2)nc1-c1ccc(Cl)cc1. The van der Waals surface area contributed by atoms with Crippen molar-refractivity contribution in [3.05, 3.63) is 75.1 Å². The molecule has 0 saturated carbocycles. The van der Waals surface area contributed by atoms with Crippen LogP contribution in [0.25, 0.3) is 23.4 Å². The molecule has 0 radical (unpaired) electrons. The van der Waals surface area contributed by atoms with E-state index in [4.69, 9.17) is 16.7 Å². The van der Waals surface area contributed by atoms with E-state index in [2.05, 4.69) is 4.98 Å². The monoisotopic (exact) mass is 355 g/mol. The molecule has 1 heterocycles. The molecule has 0 saturated heterocycles. The number of aromatic nitrogens is 1. The second kappa shape index (κ2) is 7.43. The summed E-state index contributed by atoms with van der Waals surface area (Å²) in [6, 6.07) is 17.2. The van der Waals surface area contributed by atoms with Crippen LogP contribution in [0.2, 0.25) is 5.02 Å². The number of rotatable bonds is 5. The van der Waals surface area contributed by atoms with E-state index in [0.29, 0.717) is 10.7 Å². The number of carbonyl (C=O) groups is 1. The van der Waals surface area contributed by atoms with Crippen molar-refractivity contribution in [2.75, 3.05) is 0 Å². The highest BCUT2D eigenvalue weighted by molar-refractivity contribution is 7.13. The predicted molar refractivity (Wildman–Crippen MR) is 99.3 cm³/mol. The number of hydrogen-bond acceptors (Lipinski definition) is 3. The molecule has 1 N–H and O–H groups in total. The van der Waals surface area contributed by atoms with Crippen molar-refractivity contribution < 1.29 is 9.90 Å². The van der Waals surface area contributed by atoms with Gasteiger partial charge in [-0.05, 0) is 23.8 Å². The molecule has 0 spiro atoms. The molecule has 1 aromatic heterocycles. The van der Waals surface area contributed by atoms with Gasteiger partial charge in [-0.15, -0.1) is 11.3 Å². The summed E-state index contributed by atoms with van der Waals surface area (Å²) in [5, 5.41) is 10.6. The molecule has 2 aromatic carbocycles. The standard InChI is InChI=1S/C19H14ClNO2S/c20-15-9-7-14(8-10-15)19-16(12-18(22)23)24-17(21-19)11-6-13-4-2-1-3-5-13/h1-11H,12H2,(H,22,23). The summed E-state index contributed by atoms with van der Waals surface area (Å²) in [7, 11) is 0. The van der Waals surface area contributed by atoms with Gasteiger partial charge in [0.1, 0.15) is 5.01 Å². The van der Waals surface area contributed by atoms with Crippen LogP contribution in [0, 0.1) is 0 Å². The fraction of sp³-hybridized carbons (Fsp3) is 0.0526. The smallest absolute Gasteiger partial charge is 0.308 e. The summed E-state index contributed by atoms with van der Waals surface area (Å²) in [4.78, 5) is 16.5. The van der Waals surface area contributed by atoms with E-state index >= 15 is 0 Å². The largest absolute Gasteiger partial charge is 0.481 e. The minimum Gasteiger partial charge on any atom is -0.481 e. The zero-order valence-electron chi connectivity index (χ0n) is 12.6. The molecule has 0 fully saturated rings. The molecule has 0 unspecified atom stereocenters. The lowest BCUT2D eigenvalue weighted by Gasteiger charge is -2.00. The van der Waals surface area contributed by atoms with Gasteiger partial charge in [0.25, 0.3) is 0 Å². The number of carboxylic acid groups (broad SMARTS) is 1. The van der Waals surface area contributed by atoms with Crippen LogP contribution in [0.1, 0.15) is 15.4 Å². The number of benzene rings is 2. The minimum atomic E-state index is -0.868. The van der Waals surface area contributed by atoms with Gasteiger partial charge in [0, 0.05) is 15.5 Å². The van der Waals surface area contributed by atoms with Crippen molar-refractivity contribution in [2.45, 2.75) is 6.42 Å². The van der Waals surface area contributed by atoms with Gasteiger partial charge in [-0.1, -0.05) is 60.1 Å². The highest BCUT2D eigenvalue weighted by Crippen LogP contribution is 2.30. The molecule has 0 aliphatic rings. The molecule has 3 aromatic rings. The highest BCUT2D eigenvalue weighted by atomic mass is 35.5. The summed E-state index contributed by atoms with van der Waals surface area (Å²) in [5.74, 6) is -0.868. The Labute approximate surface area is 148 Å². The minimum absolute atomic E-state index is 0.0468. The molecule has 0 aliphatic carbocycles. The van der Waals surface area contributed by atoms with E-state index in [9.17, 15) is 4.79 Å². The van der Waals surface area contributed by atoms with Crippen molar-refractivity contribution in [1.29, 1.82) is 0 Å². The molecule has 120 valence electrons. The molecule has 0 amide bonds. The molecule has 0 bridgehead atoms. The lowest BCUT2D eigenvalue weighted by molar-refractivity contribution is -0.136. The molecule has 24 heavy (non-hydrogen) atoms. The van der Waals surface area contributed by atoms with Crippen molar-refractivity contribution >= 4 is 41.1 Å². The topological polar surface area (TPSA) is 50.2 Å². The Balaban J connectivity index is 1.95. The number of halogens is 1. The molecule has 5 heteroatoms. The lowest BCUT2D eigenvalue weighted by Crippen LogP contribution is -1.99. The van der Waals surface area contributed by atoms with Gasteiger partial charge in [0.2, 0.25) is 0 Å². The Kier molecular flexibility index (Phi) is 5.08. The summed E-state index contributed by atoms with van der Waals surface area (Å²) in [5.41, 5.74) is 2.64. The highest BCUT2D eigenvalue weighted by Gasteiger charge is 2.14. The van der Waals surface area contributed by atoms with Gasteiger partial charge in [-0.3, -0.25) is 4.79 Å². The fourth-order valence-corrected chi connectivity index (χ4v) is 3.37. The summed E-state index contributed by atoms with van der Waals surface area (Å²) in [6.45, 7) is 0. The molecular weight excluding hydrogens is 342 g/mol. The van der Waals surface area contributed by atoms with E-state index in [1.807, 2.05) is 54.6 Å². The van der Waals surface area contributed by atoms with Crippen LogP contribution < -0.4 is 0 Å². The van der Waals surface area contributed by atoms with Crippen LogP contribution >= 0.6 is 22.9 Å². The van der Waals surface area contributed by atoms with E-state index in [-0.39, 0.29) is 6.42 Å². The first-order valence-corrected chi connectivity index (χ1v) is 8.52. The Morgan fingerprint density at radius 2 is 1.79 bits per heavy atom. The van der Waals surface area contributed by atoms with Crippen molar-refractivity contribution in [3.8, 4) is 11.3 Å². The summed E-state index contributed by atoms with van der Waals surface area (Å²) in [6.07, 6.45) is 3.83. The predicted octanol–water partition coefficient (Wildman–Crippen LogP) is 5.26. The molecule has 0 atom stereocenters. The first-order chi connectivity index (χ1) is 11.6. The second-order valence-corrected chi connectivity index (χ2v) is 6.70. The number of nitrogens with zero attached hydrogens (tertiary/aromatic N) is 1. The number of thiazole rings is 1. The van der Waals surface area contributed by atoms with Crippen molar-refractivity contribution in [3.63, 3.8) is 0 Å². The van der Waals surface area contributed by atoms with Gasteiger partial charge in [0.05, 0.1) is 12.1 Å². The molecule has 3 nitrogen and oxygen atoms in total. The van der Waals surface area contributed by atoms with E-state index in [1.165, 1.54) is 11.3 Å². The maximum atomic E-state index is 11.1. The summed E-state index contributed by atoms with van der Waals surface area (Å²) < 4.78 is 0. The number of aliphatic carboxylic acids is 1. The van der Waals surface area contributed by atoms with Crippen LogP contribution in [0.5, 0.6) is 0 Å². The zero-order chi connectivity index (χ0) is 16.9. The maximum absolute atomic E-state index is 11.1. The normalized spacial score (nSPS) is 11.0. The van der Waals surface area contributed by atoms with Gasteiger partial charge >= 0.3 is 5.97 Å². The Hall–Kier alpha value is -2.43. The average Bonchev–Trinajstić information content (AvgIpc) is 2.97. The lowest BCUT2D eigenvalue weighted by atomic mass is 10.1. The van der Waals surface area contributed by atoms with Crippen LogP contribution in [0.3, 0.4) is 0 Å². The molecule has 0 aliphatic heterocycles. The average molecular weight is 356 g/mol. The quantitative estimate of drug-likeness (QED) is 0.679. The van der Waals surface area contributed by atoms with Crippen LogP contribution in [-0.2, 0) is 11.2 Å². The van der Waals surface area contributed by atoms with Gasteiger partial charge in [-0.25, -0.2) is 4.98 Å². The Morgan fingerprint density at radius 3 is 2.46 bits per heavy atom.